The lowest BCUT2D eigenvalue weighted by molar-refractivity contribution is 0.0727. The van der Waals surface area contributed by atoms with Crippen LogP contribution in [0.1, 0.15) is 34.9 Å². The normalized spacial score (nSPS) is 18.3. The quantitative estimate of drug-likeness (QED) is 0.702. The maximum absolute atomic E-state index is 13.4. The number of carbonyl (C=O) groups is 1. The molecule has 5 rings (SSSR count). The molecule has 0 unspecified atom stereocenters. The molecule has 0 saturated carbocycles. The topological polar surface area (TPSA) is 56.6 Å². The van der Waals surface area contributed by atoms with Crippen molar-refractivity contribution in [3.63, 3.8) is 0 Å². The zero-order valence-corrected chi connectivity index (χ0v) is 15.5. The lowest BCUT2D eigenvalue weighted by Crippen LogP contribution is -2.32. The van der Waals surface area contributed by atoms with Crippen LogP contribution in [0.25, 0.3) is 5.69 Å². The number of likely N-dealkylation sites (tertiary alicyclic amines) is 1. The summed E-state index contributed by atoms with van der Waals surface area (Å²) in [5.41, 5.74) is 2.59. The smallest absolute Gasteiger partial charge is 0.273 e. The Balaban J connectivity index is 1.45. The summed E-state index contributed by atoms with van der Waals surface area (Å²) in [6, 6.07) is 15.8. The van der Waals surface area contributed by atoms with Crippen molar-refractivity contribution in [3.05, 3.63) is 72.3 Å². The Kier molecular flexibility index (Phi) is 4.24. The fourth-order valence-electron chi connectivity index (χ4n) is 4.02. The molecule has 2 aliphatic rings. The average molecular weight is 375 g/mol. The molecule has 28 heavy (non-hydrogen) atoms. The molecule has 6 nitrogen and oxygen atoms in total. The molecule has 1 atom stereocenters. The van der Waals surface area contributed by atoms with Crippen LogP contribution in [-0.2, 0) is 0 Å². The van der Waals surface area contributed by atoms with Gasteiger partial charge < -0.3 is 14.4 Å². The first-order valence-electron chi connectivity index (χ1n) is 9.59. The molecule has 0 radical (unpaired) electrons. The molecular formula is C22H21N3O3. The lowest BCUT2D eigenvalue weighted by atomic mass is 10.0. The Hall–Kier alpha value is -3.28. The number of benzene rings is 2. The number of fused-ring (bicyclic) bond motifs is 1. The van der Waals surface area contributed by atoms with Gasteiger partial charge in [0.15, 0.2) is 11.5 Å². The zero-order valence-electron chi connectivity index (χ0n) is 15.5. The number of nitrogens with zero attached hydrogens (tertiary/aromatic N) is 3. The second kappa shape index (κ2) is 7.03. The molecule has 0 N–H and O–H groups in total. The first-order chi connectivity index (χ1) is 13.8. The second-order valence-electron chi connectivity index (χ2n) is 7.04. The largest absolute Gasteiger partial charge is 0.486 e. The molecule has 0 aliphatic carbocycles. The second-order valence-corrected chi connectivity index (χ2v) is 7.04. The highest BCUT2D eigenvalue weighted by Gasteiger charge is 2.33. The number of para-hydroxylation sites is 1. The van der Waals surface area contributed by atoms with Gasteiger partial charge in [0, 0.05) is 12.2 Å². The monoisotopic (exact) mass is 375 g/mol. The standard InChI is InChI=1S/C22H21N3O3/c26-22(19-14-23-15-25(19)17-5-2-1-3-6-17)24-10-4-7-18(24)16-8-9-20-21(13-16)28-12-11-27-20/h1-3,5-6,8-9,13-15,18H,4,7,10-12H2/t18-/m1/s1. The molecule has 6 heteroatoms. The van der Waals surface area contributed by atoms with E-state index in [9.17, 15) is 4.79 Å². The Morgan fingerprint density at radius 2 is 1.86 bits per heavy atom. The number of rotatable bonds is 3. The fraction of sp³-hybridized carbons (Fsp3) is 0.273. The molecule has 2 aliphatic heterocycles. The zero-order chi connectivity index (χ0) is 18.9. The number of ether oxygens (including phenoxy) is 2. The average Bonchev–Trinajstić information content (AvgIpc) is 3.43. The molecule has 2 aromatic carbocycles. The lowest BCUT2D eigenvalue weighted by Gasteiger charge is -2.27. The summed E-state index contributed by atoms with van der Waals surface area (Å²) in [5.74, 6) is 1.53. The summed E-state index contributed by atoms with van der Waals surface area (Å²) < 4.78 is 13.2. The third kappa shape index (κ3) is 2.91. The van der Waals surface area contributed by atoms with E-state index in [2.05, 4.69) is 4.98 Å². The van der Waals surface area contributed by atoms with Gasteiger partial charge in [-0.25, -0.2) is 4.98 Å². The van der Waals surface area contributed by atoms with Gasteiger partial charge in [-0.15, -0.1) is 0 Å². The van der Waals surface area contributed by atoms with E-state index in [1.54, 1.807) is 12.5 Å². The van der Waals surface area contributed by atoms with E-state index in [0.717, 1.165) is 42.1 Å². The van der Waals surface area contributed by atoms with Crippen LogP contribution in [0.15, 0.2) is 61.1 Å². The van der Waals surface area contributed by atoms with Gasteiger partial charge in [-0.3, -0.25) is 9.36 Å². The van der Waals surface area contributed by atoms with Crippen LogP contribution < -0.4 is 9.47 Å². The van der Waals surface area contributed by atoms with E-state index in [0.29, 0.717) is 18.9 Å². The van der Waals surface area contributed by atoms with Gasteiger partial charge in [-0.1, -0.05) is 24.3 Å². The van der Waals surface area contributed by atoms with E-state index in [1.165, 1.54) is 0 Å². The van der Waals surface area contributed by atoms with Crippen molar-refractivity contribution < 1.29 is 14.3 Å². The fourth-order valence-corrected chi connectivity index (χ4v) is 4.02. The highest BCUT2D eigenvalue weighted by Crippen LogP contribution is 2.38. The Morgan fingerprint density at radius 3 is 2.71 bits per heavy atom. The van der Waals surface area contributed by atoms with Crippen LogP contribution in [0.5, 0.6) is 11.5 Å². The van der Waals surface area contributed by atoms with Crippen LogP contribution in [0.4, 0.5) is 0 Å². The van der Waals surface area contributed by atoms with Crippen molar-refractivity contribution in [3.8, 4) is 17.2 Å². The minimum atomic E-state index is -0.00116. The molecule has 1 saturated heterocycles. The molecule has 0 spiro atoms. The van der Waals surface area contributed by atoms with Crippen LogP contribution in [-0.4, -0.2) is 40.1 Å². The first-order valence-corrected chi connectivity index (χ1v) is 9.59. The molecule has 1 aromatic heterocycles. The molecule has 1 amide bonds. The maximum atomic E-state index is 13.4. The van der Waals surface area contributed by atoms with Gasteiger partial charge in [-0.2, -0.15) is 0 Å². The van der Waals surface area contributed by atoms with E-state index in [4.69, 9.17) is 9.47 Å². The van der Waals surface area contributed by atoms with E-state index >= 15 is 0 Å². The summed E-state index contributed by atoms with van der Waals surface area (Å²) in [6.45, 7) is 1.86. The maximum Gasteiger partial charge on any atom is 0.273 e. The van der Waals surface area contributed by atoms with Crippen LogP contribution in [0, 0.1) is 0 Å². The Morgan fingerprint density at radius 1 is 1.04 bits per heavy atom. The minimum Gasteiger partial charge on any atom is -0.486 e. The SMILES string of the molecule is O=C(c1cncn1-c1ccccc1)N1CCC[C@@H]1c1ccc2c(c1)OCCO2. The predicted molar refractivity (Wildman–Crippen MR) is 104 cm³/mol. The highest BCUT2D eigenvalue weighted by molar-refractivity contribution is 5.93. The van der Waals surface area contributed by atoms with Crippen molar-refractivity contribution in [2.24, 2.45) is 0 Å². The van der Waals surface area contributed by atoms with Gasteiger partial charge in [-0.05, 0) is 42.7 Å². The van der Waals surface area contributed by atoms with Gasteiger partial charge in [0.05, 0.1) is 18.6 Å². The Bertz CT molecular complexity index is 999. The predicted octanol–water partition coefficient (Wildman–Crippen LogP) is 3.62. The number of hydrogen-bond acceptors (Lipinski definition) is 4. The van der Waals surface area contributed by atoms with Crippen molar-refractivity contribution in [1.29, 1.82) is 0 Å². The molecule has 3 heterocycles. The van der Waals surface area contributed by atoms with Crippen LogP contribution in [0.3, 0.4) is 0 Å². The molecular weight excluding hydrogens is 354 g/mol. The van der Waals surface area contributed by atoms with Crippen LogP contribution >= 0.6 is 0 Å². The summed E-state index contributed by atoms with van der Waals surface area (Å²) in [6.07, 6.45) is 5.25. The van der Waals surface area contributed by atoms with Gasteiger partial charge in [0.1, 0.15) is 18.9 Å². The van der Waals surface area contributed by atoms with Gasteiger partial charge >= 0.3 is 0 Å². The van der Waals surface area contributed by atoms with Crippen molar-refractivity contribution in [2.75, 3.05) is 19.8 Å². The third-order valence-corrected chi connectivity index (χ3v) is 5.36. The van der Waals surface area contributed by atoms with Crippen LogP contribution in [0.2, 0.25) is 0 Å². The number of carbonyl (C=O) groups excluding carboxylic acids is 1. The van der Waals surface area contributed by atoms with Crippen molar-refractivity contribution >= 4 is 5.91 Å². The number of amides is 1. The van der Waals surface area contributed by atoms with Gasteiger partial charge in [0.2, 0.25) is 0 Å². The third-order valence-electron chi connectivity index (χ3n) is 5.36. The molecule has 142 valence electrons. The molecule has 1 fully saturated rings. The summed E-state index contributed by atoms with van der Waals surface area (Å²) >= 11 is 0. The van der Waals surface area contributed by atoms with Gasteiger partial charge in [0.25, 0.3) is 5.91 Å². The molecule has 0 bridgehead atoms. The van der Waals surface area contributed by atoms with Crippen molar-refractivity contribution in [2.45, 2.75) is 18.9 Å². The van der Waals surface area contributed by atoms with E-state index in [-0.39, 0.29) is 11.9 Å². The van der Waals surface area contributed by atoms with Crippen molar-refractivity contribution in [1.82, 2.24) is 14.5 Å². The molecule has 3 aromatic rings. The number of imidazole rings is 1. The number of aromatic nitrogens is 2. The number of hydrogen-bond donors (Lipinski definition) is 0. The summed E-state index contributed by atoms with van der Waals surface area (Å²) in [5, 5.41) is 0. The minimum absolute atomic E-state index is 0.00116. The highest BCUT2D eigenvalue weighted by atomic mass is 16.6. The summed E-state index contributed by atoms with van der Waals surface area (Å²) in [7, 11) is 0. The van der Waals surface area contributed by atoms with E-state index < -0.39 is 0 Å². The van der Waals surface area contributed by atoms with E-state index in [1.807, 2.05) is 58.0 Å². The first kappa shape index (κ1) is 16.9. The summed E-state index contributed by atoms with van der Waals surface area (Å²) in [4.78, 5) is 19.6. The Labute approximate surface area is 163 Å².